The Morgan fingerprint density at radius 1 is 0.971 bits per heavy atom. The number of hydrogen-bond acceptors (Lipinski definition) is 5. The van der Waals surface area contributed by atoms with Crippen molar-refractivity contribution in [1.29, 1.82) is 5.41 Å². The second kappa shape index (κ2) is 17.3. The highest BCUT2D eigenvalue weighted by molar-refractivity contribution is 5.94. The molecule has 0 bridgehead atoms. The third kappa shape index (κ3) is 12.7. The molecule has 1 unspecified atom stereocenters. The van der Waals surface area contributed by atoms with Gasteiger partial charge in [0.15, 0.2) is 0 Å². The summed E-state index contributed by atoms with van der Waals surface area (Å²) in [6.45, 7) is 5.78. The third-order valence-electron chi connectivity index (χ3n) is 5.10. The van der Waals surface area contributed by atoms with Crippen molar-refractivity contribution in [3.63, 3.8) is 0 Å². The van der Waals surface area contributed by atoms with E-state index in [0.29, 0.717) is 18.7 Å². The molecular formula is C26H40N6O2. The van der Waals surface area contributed by atoms with Crippen LogP contribution in [-0.4, -0.2) is 43.3 Å². The first-order valence-corrected chi connectivity index (χ1v) is 11.8. The predicted octanol–water partition coefficient (Wildman–Crippen LogP) is 2.06. The Labute approximate surface area is 203 Å². The van der Waals surface area contributed by atoms with Crippen LogP contribution in [0.2, 0.25) is 0 Å². The van der Waals surface area contributed by atoms with E-state index >= 15 is 0 Å². The monoisotopic (exact) mass is 468 g/mol. The summed E-state index contributed by atoms with van der Waals surface area (Å²) in [7, 11) is 0. The first-order valence-electron chi connectivity index (χ1n) is 11.8. The summed E-state index contributed by atoms with van der Waals surface area (Å²) in [4.78, 5) is 23.9. The van der Waals surface area contributed by atoms with Crippen LogP contribution in [-0.2, 0) is 22.6 Å². The van der Waals surface area contributed by atoms with E-state index in [4.69, 9.17) is 16.9 Å². The second-order valence-corrected chi connectivity index (χ2v) is 7.98. The van der Waals surface area contributed by atoms with Gasteiger partial charge in [0.1, 0.15) is 11.9 Å². The Kier molecular flexibility index (Phi) is 14.6. The molecule has 8 nitrogen and oxygen atoms in total. The van der Waals surface area contributed by atoms with Crippen LogP contribution < -0.4 is 27.4 Å². The predicted molar refractivity (Wildman–Crippen MR) is 139 cm³/mol. The highest BCUT2D eigenvalue weighted by Gasteiger charge is 2.14. The smallest absolute Gasteiger partial charge is 0.242 e. The number of nitrogens with one attached hydrogen (secondary N) is 4. The molecule has 1 atom stereocenters. The van der Waals surface area contributed by atoms with E-state index in [2.05, 4.69) is 47.1 Å². The van der Waals surface area contributed by atoms with Gasteiger partial charge in [-0.2, -0.15) is 0 Å². The number of carbonyl (C=O) groups is 2. The van der Waals surface area contributed by atoms with Gasteiger partial charge in [-0.1, -0.05) is 67.9 Å². The number of amidine groups is 1. The lowest BCUT2D eigenvalue weighted by Gasteiger charge is -2.14. The van der Waals surface area contributed by atoms with Gasteiger partial charge < -0.3 is 27.4 Å². The van der Waals surface area contributed by atoms with Crippen LogP contribution in [0.25, 0.3) is 0 Å². The molecule has 0 radical (unpaired) electrons. The number of rotatable bonds is 13. The second-order valence-electron chi connectivity index (χ2n) is 7.98. The molecular weight excluding hydrogens is 428 g/mol. The molecule has 34 heavy (non-hydrogen) atoms. The van der Waals surface area contributed by atoms with E-state index in [0.717, 1.165) is 37.8 Å². The zero-order chi connectivity index (χ0) is 25.2. The minimum absolute atomic E-state index is 0.00455. The molecule has 0 spiro atoms. The normalized spacial score (nSPS) is 11.0. The quantitative estimate of drug-likeness (QED) is 0.151. The van der Waals surface area contributed by atoms with E-state index in [1.54, 1.807) is 31.2 Å². The number of benzene rings is 2. The summed E-state index contributed by atoms with van der Waals surface area (Å²) in [5.41, 5.74) is 13.8. The number of carbonyl (C=O) groups excluding carboxylic acids is 2. The minimum Gasteiger partial charge on any atom is -0.384 e. The highest BCUT2D eigenvalue weighted by atomic mass is 16.2. The summed E-state index contributed by atoms with van der Waals surface area (Å²) < 4.78 is 0. The number of amides is 2. The number of unbranched alkanes of at least 4 members (excludes halogenated alkanes) is 2. The van der Waals surface area contributed by atoms with Crippen LogP contribution in [0.3, 0.4) is 0 Å². The van der Waals surface area contributed by atoms with Crippen LogP contribution in [0.4, 0.5) is 0 Å². The molecule has 0 saturated carbocycles. The topological polar surface area (TPSA) is 146 Å². The summed E-state index contributed by atoms with van der Waals surface area (Å²) in [5, 5.41) is 15.8. The van der Waals surface area contributed by atoms with E-state index in [1.807, 2.05) is 6.07 Å². The minimum atomic E-state index is -0.613. The Morgan fingerprint density at radius 2 is 1.65 bits per heavy atom. The Bertz CT molecular complexity index is 855. The lowest BCUT2D eigenvalue weighted by Crippen LogP contribution is -2.47. The number of nitrogens with two attached hydrogens (primary N) is 2. The van der Waals surface area contributed by atoms with Gasteiger partial charge in [-0.15, -0.1) is 0 Å². The van der Waals surface area contributed by atoms with E-state index < -0.39 is 6.04 Å². The van der Waals surface area contributed by atoms with Gasteiger partial charge in [0.05, 0.1) is 6.54 Å². The first-order chi connectivity index (χ1) is 16.4. The zero-order valence-electron chi connectivity index (χ0n) is 20.4. The zero-order valence-corrected chi connectivity index (χ0v) is 20.4. The maximum atomic E-state index is 12.1. The van der Waals surface area contributed by atoms with Crippen molar-refractivity contribution >= 4 is 17.6 Å². The van der Waals surface area contributed by atoms with Crippen molar-refractivity contribution in [2.45, 2.75) is 52.1 Å². The SMILES string of the molecule is CC(NC(=O)CNCCCCCN)C(=O)NCc1ccc(C(=N)N)cc1.CCc1ccccc1. The molecule has 8 heteroatoms. The van der Waals surface area contributed by atoms with Gasteiger partial charge in [-0.05, 0) is 50.4 Å². The van der Waals surface area contributed by atoms with E-state index in [1.165, 1.54) is 5.56 Å². The number of nitrogen functional groups attached to an aromatic ring is 1. The number of hydrogen-bond donors (Lipinski definition) is 6. The summed E-state index contributed by atoms with van der Waals surface area (Å²) >= 11 is 0. The van der Waals surface area contributed by atoms with Gasteiger partial charge in [0.25, 0.3) is 0 Å². The molecule has 8 N–H and O–H groups in total. The Balaban J connectivity index is 0.000000605. The van der Waals surface area contributed by atoms with Crippen molar-refractivity contribution in [3.05, 3.63) is 71.3 Å². The molecule has 0 saturated heterocycles. The van der Waals surface area contributed by atoms with Gasteiger partial charge in [-0.25, -0.2) is 0 Å². The van der Waals surface area contributed by atoms with Gasteiger partial charge in [0.2, 0.25) is 11.8 Å². The summed E-state index contributed by atoms with van der Waals surface area (Å²) in [6.07, 6.45) is 4.14. The van der Waals surface area contributed by atoms with Crippen molar-refractivity contribution in [2.75, 3.05) is 19.6 Å². The average Bonchev–Trinajstić information content (AvgIpc) is 2.85. The van der Waals surface area contributed by atoms with Crippen LogP contribution in [0.5, 0.6) is 0 Å². The fourth-order valence-corrected chi connectivity index (χ4v) is 2.99. The highest BCUT2D eigenvalue weighted by Crippen LogP contribution is 2.03. The summed E-state index contributed by atoms with van der Waals surface area (Å²) in [6, 6.07) is 16.9. The molecule has 2 aromatic carbocycles. The van der Waals surface area contributed by atoms with Crippen molar-refractivity contribution in [2.24, 2.45) is 11.5 Å². The van der Waals surface area contributed by atoms with Crippen molar-refractivity contribution in [3.8, 4) is 0 Å². The fraction of sp³-hybridized carbons (Fsp3) is 0.423. The fourth-order valence-electron chi connectivity index (χ4n) is 2.99. The molecule has 2 rings (SSSR count). The first kappa shape index (κ1) is 28.8. The average molecular weight is 469 g/mol. The molecule has 2 amide bonds. The standard InChI is InChI=1S/C18H30N6O2.C8H10/c1-13(24-16(25)12-22-10-4-2-3-9-19)18(26)23-11-14-5-7-15(8-6-14)17(20)21;1-2-8-6-4-3-5-7-8/h5-8,13,22H,2-4,9-12,19H2,1H3,(H3,20,21)(H,23,26)(H,24,25);3-7H,2H2,1H3. The van der Waals surface area contributed by atoms with Crippen LogP contribution in [0, 0.1) is 5.41 Å². The molecule has 0 aliphatic rings. The third-order valence-corrected chi connectivity index (χ3v) is 5.10. The molecule has 0 aliphatic carbocycles. The van der Waals surface area contributed by atoms with Gasteiger partial charge in [0, 0.05) is 12.1 Å². The van der Waals surface area contributed by atoms with Crippen LogP contribution >= 0.6 is 0 Å². The molecule has 0 fully saturated rings. The van der Waals surface area contributed by atoms with Crippen molar-refractivity contribution in [1.82, 2.24) is 16.0 Å². The lowest BCUT2D eigenvalue weighted by molar-refractivity contribution is -0.128. The van der Waals surface area contributed by atoms with Gasteiger partial charge in [-0.3, -0.25) is 15.0 Å². The molecule has 0 aromatic heterocycles. The largest absolute Gasteiger partial charge is 0.384 e. The maximum Gasteiger partial charge on any atom is 0.242 e. The molecule has 2 aromatic rings. The van der Waals surface area contributed by atoms with Gasteiger partial charge >= 0.3 is 0 Å². The Hall–Kier alpha value is -3.23. The van der Waals surface area contributed by atoms with Crippen LogP contribution in [0.15, 0.2) is 54.6 Å². The molecule has 0 heterocycles. The molecule has 186 valence electrons. The Morgan fingerprint density at radius 3 is 2.21 bits per heavy atom. The molecule has 0 aliphatic heterocycles. The van der Waals surface area contributed by atoms with Crippen molar-refractivity contribution < 1.29 is 9.59 Å². The number of aryl methyl sites for hydroxylation is 1. The van der Waals surface area contributed by atoms with E-state index in [9.17, 15) is 9.59 Å². The van der Waals surface area contributed by atoms with Crippen LogP contribution in [0.1, 0.15) is 49.8 Å². The van der Waals surface area contributed by atoms with E-state index in [-0.39, 0.29) is 24.2 Å². The summed E-state index contributed by atoms with van der Waals surface area (Å²) in [5.74, 6) is -0.459. The maximum absolute atomic E-state index is 12.1. The lowest BCUT2D eigenvalue weighted by atomic mass is 10.1.